The van der Waals surface area contributed by atoms with Gasteiger partial charge in [-0.25, -0.2) is 4.39 Å². The highest BCUT2D eigenvalue weighted by molar-refractivity contribution is 5.89. The van der Waals surface area contributed by atoms with E-state index in [2.05, 4.69) is 5.32 Å². The van der Waals surface area contributed by atoms with E-state index in [0.717, 1.165) is 0 Å². The average molecular weight is 346 g/mol. The van der Waals surface area contributed by atoms with Crippen molar-refractivity contribution in [2.45, 2.75) is 37.9 Å². The van der Waals surface area contributed by atoms with Crippen molar-refractivity contribution in [1.82, 2.24) is 10.2 Å². The molecule has 0 spiro atoms. The zero-order valence-electron chi connectivity index (χ0n) is 13.3. The second kappa shape index (κ2) is 6.41. The predicted octanol–water partition coefficient (Wildman–Crippen LogP) is 2.38. The molecule has 1 saturated heterocycles. The van der Waals surface area contributed by atoms with Crippen LogP contribution in [0, 0.1) is 5.82 Å². The third-order valence-corrected chi connectivity index (χ3v) is 4.03. The van der Waals surface area contributed by atoms with E-state index in [1.807, 2.05) is 0 Å². The second-order valence-corrected chi connectivity index (χ2v) is 6.37. The van der Waals surface area contributed by atoms with Crippen molar-refractivity contribution in [3.63, 3.8) is 0 Å². The van der Waals surface area contributed by atoms with Crippen LogP contribution in [0.5, 0.6) is 0 Å². The van der Waals surface area contributed by atoms with Crippen LogP contribution in [-0.2, 0) is 15.0 Å². The number of carbonyl (C=O) groups excluding carboxylic acids is 2. The summed E-state index contributed by atoms with van der Waals surface area (Å²) in [6, 6.07) is 5.08. The summed E-state index contributed by atoms with van der Waals surface area (Å²) >= 11 is 0. The fourth-order valence-electron chi connectivity index (χ4n) is 2.69. The number of halogens is 4. The number of alkyl halides is 3. The molecular formula is C16H18F4N2O2. The van der Waals surface area contributed by atoms with Gasteiger partial charge in [-0.2, -0.15) is 13.2 Å². The predicted molar refractivity (Wildman–Crippen MR) is 78.6 cm³/mol. The Hall–Kier alpha value is -2.12. The monoisotopic (exact) mass is 346 g/mol. The zero-order chi connectivity index (χ0) is 18.1. The lowest BCUT2D eigenvalue weighted by Gasteiger charge is -2.26. The molecule has 8 heteroatoms. The summed E-state index contributed by atoms with van der Waals surface area (Å²) in [5.41, 5.74) is -1.04. The van der Waals surface area contributed by atoms with E-state index in [-0.39, 0.29) is 18.5 Å². The summed E-state index contributed by atoms with van der Waals surface area (Å²) in [5, 5.41) is 2.56. The number of hydrogen-bond acceptors (Lipinski definition) is 2. The maximum absolute atomic E-state index is 13.9. The number of hydrogen-bond donors (Lipinski definition) is 1. The second-order valence-electron chi connectivity index (χ2n) is 6.37. The zero-order valence-corrected chi connectivity index (χ0v) is 13.3. The van der Waals surface area contributed by atoms with Crippen LogP contribution in [0.4, 0.5) is 17.6 Å². The molecule has 132 valence electrons. The molecule has 2 rings (SSSR count). The van der Waals surface area contributed by atoms with Crippen LogP contribution >= 0.6 is 0 Å². The fourth-order valence-corrected chi connectivity index (χ4v) is 2.69. The third-order valence-electron chi connectivity index (χ3n) is 4.03. The summed E-state index contributed by atoms with van der Waals surface area (Å²) < 4.78 is 51.1. The number of benzene rings is 1. The van der Waals surface area contributed by atoms with Crippen molar-refractivity contribution in [2.75, 3.05) is 13.1 Å². The van der Waals surface area contributed by atoms with Crippen LogP contribution in [0.3, 0.4) is 0 Å². The normalized spacial score (nSPS) is 18.8. The van der Waals surface area contributed by atoms with E-state index in [1.54, 1.807) is 6.07 Å². The van der Waals surface area contributed by atoms with Crippen LogP contribution in [0.1, 0.15) is 25.8 Å². The van der Waals surface area contributed by atoms with E-state index in [4.69, 9.17) is 0 Å². The summed E-state index contributed by atoms with van der Waals surface area (Å²) in [4.78, 5) is 24.7. The molecule has 1 fully saturated rings. The molecule has 4 nitrogen and oxygen atoms in total. The van der Waals surface area contributed by atoms with Crippen LogP contribution in [-0.4, -0.2) is 42.0 Å². The van der Waals surface area contributed by atoms with Crippen LogP contribution in [0.2, 0.25) is 0 Å². The Labute approximate surface area is 136 Å². The first-order chi connectivity index (χ1) is 11.0. The van der Waals surface area contributed by atoms with E-state index < -0.39 is 41.8 Å². The van der Waals surface area contributed by atoms with Crippen LogP contribution < -0.4 is 5.32 Å². The van der Waals surface area contributed by atoms with E-state index in [0.29, 0.717) is 4.90 Å². The van der Waals surface area contributed by atoms with E-state index >= 15 is 0 Å². The largest absolute Gasteiger partial charge is 0.406 e. The molecule has 0 bridgehead atoms. The SMILES string of the molecule is CC(C)(C(=O)N[C@@H]1CC(=O)N(CC(F)(F)F)C1)c1ccccc1F. The molecule has 24 heavy (non-hydrogen) atoms. The number of rotatable bonds is 4. The maximum Gasteiger partial charge on any atom is 0.406 e. The van der Waals surface area contributed by atoms with Gasteiger partial charge in [0.25, 0.3) is 0 Å². The summed E-state index contributed by atoms with van der Waals surface area (Å²) in [6.45, 7) is 1.49. The lowest BCUT2D eigenvalue weighted by molar-refractivity contribution is -0.157. The van der Waals surface area contributed by atoms with Crippen molar-refractivity contribution in [3.8, 4) is 0 Å². The first-order valence-electron chi connectivity index (χ1n) is 7.41. The van der Waals surface area contributed by atoms with Gasteiger partial charge in [-0.3, -0.25) is 9.59 Å². The van der Waals surface area contributed by atoms with Gasteiger partial charge in [-0.1, -0.05) is 18.2 Å². The maximum atomic E-state index is 13.9. The lowest BCUT2D eigenvalue weighted by atomic mass is 9.83. The van der Waals surface area contributed by atoms with Gasteiger partial charge < -0.3 is 10.2 Å². The fraction of sp³-hybridized carbons (Fsp3) is 0.500. The Kier molecular flexibility index (Phi) is 4.87. The lowest BCUT2D eigenvalue weighted by Crippen LogP contribution is -2.46. The van der Waals surface area contributed by atoms with Gasteiger partial charge in [-0.15, -0.1) is 0 Å². The minimum Gasteiger partial charge on any atom is -0.350 e. The van der Waals surface area contributed by atoms with Crippen molar-refractivity contribution in [3.05, 3.63) is 35.6 Å². The van der Waals surface area contributed by atoms with Crippen molar-refractivity contribution < 1.29 is 27.2 Å². The molecule has 0 aromatic heterocycles. The van der Waals surface area contributed by atoms with Gasteiger partial charge in [0.2, 0.25) is 11.8 Å². The van der Waals surface area contributed by atoms with Crippen molar-refractivity contribution in [1.29, 1.82) is 0 Å². The Balaban J connectivity index is 2.05. The molecule has 0 radical (unpaired) electrons. The third kappa shape index (κ3) is 4.04. The molecule has 1 aromatic carbocycles. The van der Waals surface area contributed by atoms with Gasteiger partial charge in [0, 0.05) is 18.5 Å². The molecular weight excluding hydrogens is 328 g/mol. The highest BCUT2D eigenvalue weighted by Gasteiger charge is 2.40. The smallest absolute Gasteiger partial charge is 0.350 e. The Bertz CT molecular complexity index is 643. The van der Waals surface area contributed by atoms with E-state index in [9.17, 15) is 27.2 Å². The van der Waals surface area contributed by atoms with Gasteiger partial charge in [0.05, 0.1) is 11.5 Å². The molecule has 0 unspecified atom stereocenters. The number of nitrogens with zero attached hydrogens (tertiary/aromatic N) is 1. The molecule has 1 heterocycles. The van der Waals surface area contributed by atoms with Gasteiger partial charge in [0.1, 0.15) is 12.4 Å². The van der Waals surface area contributed by atoms with Crippen molar-refractivity contribution in [2.24, 2.45) is 0 Å². The summed E-state index contributed by atoms with van der Waals surface area (Å²) in [5.74, 6) is -1.75. The molecule has 1 N–H and O–H groups in total. The molecule has 1 atom stereocenters. The molecule has 1 aliphatic heterocycles. The summed E-state index contributed by atoms with van der Waals surface area (Å²) in [7, 11) is 0. The van der Waals surface area contributed by atoms with Gasteiger partial charge >= 0.3 is 6.18 Å². The summed E-state index contributed by atoms with van der Waals surface area (Å²) in [6.07, 6.45) is -4.68. The van der Waals surface area contributed by atoms with Crippen LogP contribution in [0.25, 0.3) is 0 Å². The number of likely N-dealkylation sites (tertiary alicyclic amines) is 1. The molecule has 1 aromatic rings. The minimum absolute atomic E-state index is 0.180. The highest BCUT2D eigenvalue weighted by atomic mass is 19.4. The quantitative estimate of drug-likeness (QED) is 0.851. The number of amides is 2. The van der Waals surface area contributed by atoms with Gasteiger partial charge in [-0.05, 0) is 19.9 Å². The van der Waals surface area contributed by atoms with E-state index in [1.165, 1.54) is 32.0 Å². The first-order valence-corrected chi connectivity index (χ1v) is 7.41. The minimum atomic E-state index is -4.49. The van der Waals surface area contributed by atoms with Gasteiger partial charge in [0.15, 0.2) is 0 Å². The average Bonchev–Trinajstić information content (AvgIpc) is 2.76. The number of carbonyl (C=O) groups is 2. The first kappa shape index (κ1) is 18.2. The standard InChI is InChI=1S/C16H18F4N2O2/c1-15(2,11-5-3-4-6-12(11)17)14(24)21-10-7-13(23)22(8-10)9-16(18,19)20/h3-6,10H,7-9H2,1-2H3,(H,21,24)/t10-/m1/s1. The van der Waals surface area contributed by atoms with Crippen molar-refractivity contribution >= 4 is 11.8 Å². The molecule has 0 saturated carbocycles. The topological polar surface area (TPSA) is 49.4 Å². The Morgan fingerprint density at radius 2 is 1.92 bits per heavy atom. The molecule has 0 aliphatic carbocycles. The molecule has 1 aliphatic rings. The molecule has 2 amide bonds. The highest BCUT2D eigenvalue weighted by Crippen LogP contribution is 2.27. The number of nitrogens with one attached hydrogen (secondary N) is 1. The Morgan fingerprint density at radius 3 is 2.50 bits per heavy atom. The van der Waals surface area contributed by atoms with Crippen LogP contribution in [0.15, 0.2) is 24.3 Å². The Morgan fingerprint density at radius 1 is 1.29 bits per heavy atom.